The summed E-state index contributed by atoms with van der Waals surface area (Å²) >= 11 is 0. The number of furan rings is 1. The lowest BCUT2D eigenvalue weighted by molar-refractivity contribution is 0.623. The molecule has 0 bridgehead atoms. The van der Waals surface area contributed by atoms with E-state index >= 15 is 0 Å². The summed E-state index contributed by atoms with van der Waals surface area (Å²) in [5.74, 6) is 1.68. The highest BCUT2D eigenvalue weighted by Gasteiger charge is 2.32. The van der Waals surface area contributed by atoms with Crippen LogP contribution < -0.4 is 5.32 Å². The van der Waals surface area contributed by atoms with E-state index in [9.17, 15) is 0 Å². The van der Waals surface area contributed by atoms with Crippen molar-refractivity contribution in [2.45, 2.75) is 6.04 Å². The molecule has 7 aromatic carbocycles. The number of hydrogen-bond donors (Lipinski definition) is 1. The van der Waals surface area contributed by atoms with Crippen LogP contribution in [-0.4, -0.2) is 9.97 Å². The topological polar surface area (TPSA) is 51.0 Å². The fourth-order valence-electron chi connectivity index (χ4n) is 7.35. The smallest absolute Gasteiger partial charge is 0.160 e. The maximum absolute atomic E-state index is 6.63. The Hall–Kier alpha value is -6.52. The van der Waals surface area contributed by atoms with Gasteiger partial charge in [0.15, 0.2) is 5.82 Å². The van der Waals surface area contributed by atoms with Gasteiger partial charge in [-0.2, -0.15) is 0 Å². The lowest BCUT2D eigenvalue weighted by Gasteiger charge is -2.28. The van der Waals surface area contributed by atoms with Crippen LogP contribution in [0.25, 0.3) is 77.7 Å². The molecule has 0 saturated carbocycles. The first-order valence-corrected chi connectivity index (χ1v) is 16.6. The molecule has 4 nitrogen and oxygen atoms in total. The van der Waals surface area contributed by atoms with Crippen molar-refractivity contribution in [3.8, 4) is 45.1 Å². The van der Waals surface area contributed by atoms with Gasteiger partial charge in [0, 0.05) is 38.7 Å². The van der Waals surface area contributed by atoms with Crippen molar-refractivity contribution < 1.29 is 4.42 Å². The van der Waals surface area contributed by atoms with Crippen LogP contribution >= 0.6 is 0 Å². The first kappa shape index (κ1) is 27.6. The summed E-state index contributed by atoms with van der Waals surface area (Å²) in [5.41, 5.74) is 11.7. The van der Waals surface area contributed by atoms with Crippen molar-refractivity contribution in [3.05, 3.63) is 175 Å². The average Bonchev–Trinajstić information content (AvgIpc) is 3.57. The number of fused-ring (bicyclic) bond motifs is 8. The van der Waals surface area contributed by atoms with E-state index in [1.165, 1.54) is 21.9 Å². The standard InChI is InChI=1S/C45H29N3O/c1-2-11-33(12-3-1)45-47-37-16-8-6-14-35(37)42(48-45)31-22-18-28(19-23-31)29-20-24-32(25-21-29)43-41-36-15-7-9-17-39(36)49-44(41)40-34-13-5-4-10-30(34)26-27-38(40)46-43/h1-27,43,46H. The van der Waals surface area contributed by atoms with E-state index < -0.39 is 0 Å². The average molecular weight is 628 g/mol. The third-order valence-corrected chi connectivity index (χ3v) is 9.75. The van der Waals surface area contributed by atoms with E-state index in [4.69, 9.17) is 14.4 Å². The van der Waals surface area contributed by atoms with Crippen LogP contribution in [0.4, 0.5) is 5.69 Å². The van der Waals surface area contributed by atoms with Gasteiger partial charge in [0.25, 0.3) is 0 Å². The molecule has 4 heteroatoms. The maximum Gasteiger partial charge on any atom is 0.160 e. The largest absolute Gasteiger partial charge is 0.456 e. The van der Waals surface area contributed by atoms with E-state index in [0.29, 0.717) is 0 Å². The molecule has 9 aromatic rings. The third kappa shape index (κ3) is 4.53. The van der Waals surface area contributed by atoms with Crippen molar-refractivity contribution in [1.29, 1.82) is 0 Å². The second-order valence-corrected chi connectivity index (χ2v) is 12.6. The lowest BCUT2D eigenvalue weighted by atomic mass is 9.87. The van der Waals surface area contributed by atoms with Crippen molar-refractivity contribution in [2.24, 2.45) is 0 Å². The Kier molecular flexibility index (Phi) is 6.21. The summed E-state index contributed by atoms with van der Waals surface area (Å²) in [5, 5.41) is 8.46. The van der Waals surface area contributed by atoms with Gasteiger partial charge in [-0.25, -0.2) is 9.97 Å². The molecular formula is C45H29N3O. The van der Waals surface area contributed by atoms with Crippen molar-refractivity contribution in [2.75, 3.05) is 5.32 Å². The molecule has 0 saturated heterocycles. The number of nitrogens with one attached hydrogen (secondary N) is 1. The van der Waals surface area contributed by atoms with E-state index in [2.05, 4.69) is 133 Å². The lowest BCUT2D eigenvalue weighted by Crippen LogP contribution is -2.17. The SMILES string of the molecule is c1ccc(-c2nc(-c3ccc(-c4ccc(C5Nc6ccc7ccccc7c6-c6oc7ccccc7c65)cc4)cc3)c3ccccc3n2)cc1. The summed E-state index contributed by atoms with van der Waals surface area (Å²) in [6.45, 7) is 0. The Morgan fingerprint density at radius 3 is 1.96 bits per heavy atom. The zero-order valence-corrected chi connectivity index (χ0v) is 26.5. The van der Waals surface area contributed by atoms with E-state index in [1.54, 1.807) is 0 Å². The highest BCUT2D eigenvalue weighted by Crippen LogP contribution is 2.50. The fourth-order valence-corrected chi connectivity index (χ4v) is 7.35. The van der Waals surface area contributed by atoms with Crippen molar-refractivity contribution >= 4 is 38.3 Å². The van der Waals surface area contributed by atoms with Gasteiger partial charge in [-0.3, -0.25) is 0 Å². The molecule has 1 N–H and O–H groups in total. The number of para-hydroxylation sites is 2. The highest BCUT2D eigenvalue weighted by molar-refractivity contribution is 6.06. The molecule has 1 unspecified atom stereocenters. The number of aromatic nitrogens is 2. The van der Waals surface area contributed by atoms with Gasteiger partial charge in [-0.15, -0.1) is 0 Å². The Morgan fingerprint density at radius 2 is 1.14 bits per heavy atom. The Bertz CT molecular complexity index is 2680. The molecule has 1 aliphatic rings. The van der Waals surface area contributed by atoms with Crippen LogP contribution in [-0.2, 0) is 0 Å². The molecule has 0 fully saturated rings. The summed E-state index contributed by atoms with van der Waals surface area (Å²) in [4.78, 5) is 9.92. The molecule has 10 rings (SSSR count). The molecular weight excluding hydrogens is 599 g/mol. The van der Waals surface area contributed by atoms with Crippen LogP contribution in [0, 0.1) is 0 Å². The second-order valence-electron chi connectivity index (χ2n) is 12.6. The van der Waals surface area contributed by atoms with Gasteiger partial charge in [-0.05, 0) is 45.7 Å². The molecule has 3 heterocycles. The Labute approximate surface area is 283 Å². The van der Waals surface area contributed by atoms with E-state index in [-0.39, 0.29) is 6.04 Å². The summed E-state index contributed by atoms with van der Waals surface area (Å²) in [7, 11) is 0. The zero-order chi connectivity index (χ0) is 32.3. The number of hydrogen-bond acceptors (Lipinski definition) is 4. The summed E-state index contributed by atoms with van der Waals surface area (Å²) < 4.78 is 6.63. The van der Waals surface area contributed by atoms with Crippen LogP contribution in [0.5, 0.6) is 0 Å². The minimum atomic E-state index is -0.0476. The molecule has 230 valence electrons. The van der Waals surface area contributed by atoms with Crippen molar-refractivity contribution in [1.82, 2.24) is 9.97 Å². The van der Waals surface area contributed by atoms with Gasteiger partial charge >= 0.3 is 0 Å². The number of benzene rings is 7. The fraction of sp³-hybridized carbons (Fsp3) is 0.0222. The van der Waals surface area contributed by atoms with Gasteiger partial charge < -0.3 is 9.73 Å². The highest BCUT2D eigenvalue weighted by atomic mass is 16.3. The molecule has 49 heavy (non-hydrogen) atoms. The van der Waals surface area contributed by atoms with E-state index in [1.807, 2.05) is 36.4 Å². The van der Waals surface area contributed by atoms with E-state index in [0.717, 1.165) is 72.7 Å². The van der Waals surface area contributed by atoms with Gasteiger partial charge in [0.05, 0.1) is 17.3 Å². The number of nitrogens with zero attached hydrogens (tertiary/aromatic N) is 2. The zero-order valence-electron chi connectivity index (χ0n) is 26.5. The normalized spacial score (nSPS) is 13.7. The second kappa shape index (κ2) is 11.0. The monoisotopic (exact) mass is 627 g/mol. The number of rotatable bonds is 4. The van der Waals surface area contributed by atoms with Gasteiger partial charge in [0.1, 0.15) is 11.3 Å². The quantitative estimate of drug-likeness (QED) is 0.211. The number of anilines is 1. The predicted octanol–water partition coefficient (Wildman–Crippen LogP) is 11.7. The Morgan fingerprint density at radius 1 is 0.490 bits per heavy atom. The van der Waals surface area contributed by atoms with Crippen molar-refractivity contribution in [3.63, 3.8) is 0 Å². The first-order valence-electron chi connectivity index (χ1n) is 16.6. The van der Waals surface area contributed by atoms with Crippen LogP contribution in [0.3, 0.4) is 0 Å². The molecule has 0 aliphatic carbocycles. The molecule has 2 aromatic heterocycles. The molecule has 0 amide bonds. The summed E-state index contributed by atoms with van der Waals surface area (Å²) in [6.07, 6.45) is 0. The minimum absolute atomic E-state index is 0.0476. The third-order valence-electron chi connectivity index (χ3n) is 9.75. The van der Waals surface area contributed by atoms with Crippen LogP contribution in [0.15, 0.2) is 168 Å². The molecule has 1 atom stereocenters. The molecule has 0 radical (unpaired) electrons. The van der Waals surface area contributed by atoms with Crippen LogP contribution in [0.1, 0.15) is 17.2 Å². The minimum Gasteiger partial charge on any atom is -0.456 e. The van der Waals surface area contributed by atoms with Gasteiger partial charge in [-0.1, -0.05) is 146 Å². The molecule has 1 aliphatic heterocycles. The predicted molar refractivity (Wildman–Crippen MR) is 200 cm³/mol. The summed E-state index contributed by atoms with van der Waals surface area (Å²) in [6, 6.07) is 57.2. The Balaban J connectivity index is 1.01. The molecule has 0 spiro atoms. The first-order chi connectivity index (χ1) is 24.3. The van der Waals surface area contributed by atoms with Gasteiger partial charge in [0.2, 0.25) is 0 Å². The maximum atomic E-state index is 6.63. The van der Waals surface area contributed by atoms with Crippen LogP contribution in [0.2, 0.25) is 0 Å².